The van der Waals surface area contributed by atoms with Crippen LogP contribution in [0.5, 0.6) is 0 Å². The van der Waals surface area contributed by atoms with Gasteiger partial charge in [-0.1, -0.05) is 25.1 Å². The molecule has 0 bridgehead atoms. The molecule has 4 nitrogen and oxygen atoms in total. The van der Waals surface area contributed by atoms with Gasteiger partial charge in [-0.3, -0.25) is 4.79 Å². The molecule has 2 rings (SSSR count). The SMILES string of the molecule is CC[C@H](N)c1ccccc1N1CCNC(=O)CC1. The van der Waals surface area contributed by atoms with Gasteiger partial charge >= 0.3 is 0 Å². The van der Waals surface area contributed by atoms with Gasteiger partial charge in [0.05, 0.1) is 0 Å². The van der Waals surface area contributed by atoms with Crippen LogP contribution in [0.4, 0.5) is 5.69 Å². The van der Waals surface area contributed by atoms with Crippen molar-refractivity contribution < 1.29 is 4.79 Å². The molecule has 1 heterocycles. The number of benzene rings is 1. The summed E-state index contributed by atoms with van der Waals surface area (Å²) in [6, 6.07) is 8.30. The molecule has 98 valence electrons. The highest BCUT2D eigenvalue weighted by atomic mass is 16.1. The van der Waals surface area contributed by atoms with Gasteiger partial charge in [-0.15, -0.1) is 0 Å². The van der Waals surface area contributed by atoms with Crippen LogP contribution < -0.4 is 16.0 Å². The minimum atomic E-state index is 0.0631. The maximum atomic E-state index is 11.4. The molecular weight excluding hydrogens is 226 g/mol. The van der Waals surface area contributed by atoms with Gasteiger partial charge in [-0.25, -0.2) is 0 Å². The zero-order chi connectivity index (χ0) is 13.0. The largest absolute Gasteiger partial charge is 0.369 e. The molecule has 1 aromatic carbocycles. The van der Waals surface area contributed by atoms with Gasteiger partial charge in [0.15, 0.2) is 0 Å². The van der Waals surface area contributed by atoms with Gasteiger partial charge in [0.1, 0.15) is 0 Å². The zero-order valence-electron chi connectivity index (χ0n) is 10.9. The van der Waals surface area contributed by atoms with E-state index in [9.17, 15) is 4.79 Å². The summed E-state index contributed by atoms with van der Waals surface area (Å²) in [6.07, 6.45) is 1.47. The normalized spacial score (nSPS) is 18.1. The maximum absolute atomic E-state index is 11.4. The highest BCUT2D eigenvalue weighted by Gasteiger charge is 2.18. The number of carbonyl (C=O) groups excluding carboxylic acids is 1. The van der Waals surface area contributed by atoms with Crippen molar-refractivity contribution in [3.8, 4) is 0 Å². The summed E-state index contributed by atoms with van der Waals surface area (Å²) in [7, 11) is 0. The third kappa shape index (κ3) is 2.82. The number of nitrogens with two attached hydrogens (primary N) is 1. The van der Waals surface area contributed by atoms with Crippen molar-refractivity contribution in [3.05, 3.63) is 29.8 Å². The second kappa shape index (κ2) is 5.87. The summed E-state index contributed by atoms with van der Waals surface area (Å²) in [5, 5.41) is 2.90. The number of anilines is 1. The van der Waals surface area contributed by atoms with Crippen LogP contribution in [0, 0.1) is 0 Å². The van der Waals surface area contributed by atoms with E-state index >= 15 is 0 Å². The van der Waals surface area contributed by atoms with Crippen molar-refractivity contribution in [1.82, 2.24) is 5.32 Å². The van der Waals surface area contributed by atoms with Crippen molar-refractivity contribution >= 4 is 11.6 Å². The fourth-order valence-corrected chi connectivity index (χ4v) is 2.32. The number of amides is 1. The predicted molar refractivity (Wildman–Crippen MR) is 73.5 cm³/mol. The average molecular weight is 247 g/mol. The van der Waals surface area contributed by atoms with Crippen molar-refractivity contribution in [1.29, 1.82) is 0 Å². The monoisotopic (exact) mass is 247 g/mol. The molecule has 1 aromatic rings. The molecule has 1 amide bonds. The lowest BCUT2D eigenvalue weighted by molar-refractivity contribution is -0.120. The Balaban J connectivity index is 2.23. The predicted octanol–water partition coefficient (Wildman–Crippen LogP) is 1.42. The van der Waals surface area contributed by atoms with Crippen LogP contribution in [-0.2, 0) is 4.79 Å². The van der Waals surface area contributed by atoms with Crippen molar-refractivity contribution in [3.63, 3.8) is 0 Å². The second-order valence-corrected chi connectivity index (χ2v) is 4.66. The first-order valence-electron chi connectivity index (χ1n) is 6.58. The Morgan fingerprint density at radius 3 is 2.94 bits per heavy atom. The summed E-state index contributed by atoms with van der Waals surface area (Å²) in [6.45, 7) is 4.40. The lowest BCUT2D eigenvalue weighted by atomic mass is 10.0. The standard InChI is InChI=1S/C14H21N3O/c1-2-12(15)11-5-3-4-6-13(11)17-9-7-14(18)16-8-10-17/h3-6,12H,2,7-10,15H2,1H3,(H,16,18)/t12-/m0/s1. The van der Waals surface area contributed by atoms with Gasteiger partial charge in [-0.05, 0) is 18.1 Å². The zero-order valence-corrected chi connectivity index (χ0v) is 10.9. The molecule has 1 aliphatic rings. The van der Waals surface area contributed by atoms with Crippen LogP contribution in [0.25, 0.3) is 0 Å². The number of hydrogen-bond acceptors (Lipinski definition) is 3. The van der Waals surface area contributed by atoms with Crippen LogP contribution >= 0.6 is 0 Å². The van der Waals surface area contributed by atoms with E-state index in [0.29, 0.717) is 13.0 Å². The van der Waals surface area contributed by atoms with Gasteiger partial charge in [-0.2, -0.15) is 0 Å². The summed E-state index contributed by atoms with van der Waals surface area (Å²) in [5.41, 5.74) is 8.50. The second-order valence-electron chi connectivity index (χ2n) is 4.66. The Labute approximate surface area is 108 Å². The van der Waals surface area contributed by atoms with E-state index in [1.54, 1.807) is 0 Å². The van der Waals surface area contributed by atoms with Crippen LogP contribution in [0.1, 0.15) is 31.4 Å². The Kier molecular flexibility index (Phi) is 4.20. The molecule has 1 fully saturated rings. The molecule has 0 aromatic heterocycles. The van der Waals surface area contributed by atoms with E-state index in [1.807, 2.05) is 12.1 Å². The fourth-order valence-electron chi connectivity index (χ4n) is 2.32. The van der Waals surface area contributed by atoms with Gasteiger partial charge in [0.2, 0.25) is 5.91 Å². The number of carbonyl (C=O) groups is 1. The van der Waals surface area contributed by atoms with Gasteiger partial charge < -0.3 is 16.0 Å². The quantitative estimate of drug-likeness (QED) is 0.849. The summed E-state index contributed by atoms with van der Waals surface area (Å²) >= 11 is 0. The first kappa shape index (κ1) is 12.9. The first-order chi connectivity index (χ1) is 8.72. The molecule has 1 aliphatic heterocycles. The van der Waals surface area contributed by atoms with Crippen LogP contribution in [0.2, 0.25) is 0 Å². The molecule has 1 atom stereocenters. The van der Waals surface area contributed by atoms with Crippen molar-refractivity contribution in [2.45, 2.75) is 25.8 Å². The Hall–Kier alpha value is -1.55. The number of rotatable bonds is 3. The van der Waals surface area contributed by atoms with Crippen molar-refractivity contribution in [2.75, 3.05) is 24.5 Å². The van der Waals surface area contributed by atoms with E-state index < -0.39 is 0 Å². The van der Waals surface area contributed by atoms with Gasteiger partial charge in [0.25, 0.3) is 0 Å². The lowest BCUT2D eigenvalue weighted by Gasteiger charge is -2.26. The van der Waals surface area contributed by atoms with E-state index in [4.69, 9.17) is 5.73 Å². The number of nitrogens with zero attached hydrogens (tertiary/aromatic N) is 1. The third-order valence-corrected chi connectivity index (χ3v) is 3.43. The molecule has 0 spiro atoms. The van der Waals surface area contributed by atoms with E-state index in [-0.39, 0.29) is 11.9 Å². The maximum Gasteiger partial charge on any atom is 0.221 e. The highest BCUT2D eigenvalue weighted by Crippen LogP contribution is 2.27. The van der Waals surface area contributed by atoms with Crippen LogP contribution in [0.15, 0.2) is 24.3 Å². The average Bonchev–Trinajstić information content (AvgIpc) is 2.62. The smallest absolute Gasteiger partial charge is 0.221 e. The third-order valence-electron chi connectivity index (χ3n) is 3.43. The minimum Gasteiger partial charge on any atom is -0.369 e. The Bertz CT molecular complexity index is 419. The molecule has 0 unspecified atom stereocenters. The molecule has 0 radical (unpaired) electrons. The first-order valence-corrected chi connectivity index (χ1v) is 6.58. The van der Waals surface area contributed by atoms with E-state index in [0.717, 1.165) is 19.5 Å². The molecule has 0 saturated carbocycles. The Morgan fingerprint density at radius 1 is 1.39 bits per heavy atom. The van der Waals surface area contributed by atoms with Crippen LogP contribution in [-0.4, -0.2) is 25.5 Å². The number of para-hydroxylation sites is 1. The lowest BCUT2D eigenvalue weighted by Crippen LogP contribution is -2.29. The molecular formula is C14H21N3O. The minimum absolute atomic E-state index is 0.0631. The highest BCUT2D eigenvalue weighted by molar-refractivity contribution is 5.77. The van der Waals surface area contributed by atoms with Crippen molar-refractivity contribution in [2.24, 2.45) is 5.73 Å². The summed E-state index contributed by atoms with van der Waals surface area (Å²) < 4.78 is 0. The summed E-state index contributed by atoms with van der Waals surface area (Å²) in [4.78, 5) is 13.6. The molecule has 3 N–H and O–H groups in total. The number of nitrogens with one attached hydrogen (secondary N) is 1. The molecule has 18 heavy (non-hydrogen) atoms. The van der Waals surface area contributed by atoms with E-state index in [1.165, 1.54) is 11.3 Å². The Morgan fingerprint density at radius 2 is 2.17 bits per heavy atom. The fraction of sp³-hybridized carbons (Fsp3) is 0.500. The topological polar surface area (TPSA) is 58.4 Å². The molecule has 0 aliphatic carbocycles. The number of hydrogen-bond donors (Lipinski definition) is 2. The van der Waals surface area contributed by atoms with E-state index in [2.05, 4.69) is 29.3 Å². The van der Waals surface area contributed by atoms with Gasteiger partial charge in [0, 0.05) is 37.8 Å². The molecule has 4 heteroatoms. The molecule has 1 saturated heterocycles. The van der Waals surface area contributed by atoms with Crippen LogP contribution in [0.3, 0.4) is 0 Å². The summed E-state index contributed by atoms with van der Waals surface area (Å²) in [5.74, 6) is 0.134.